The van der Waals surface area contributed by atoms with Gasteiger partial charge in [0.05, 0.1) is 6.10 Å². The van der Waals surface area contributed by atoms with Crippen LogP contribution in [0.25, 0.3) is 0 Å². The molecule has 124 valence electrons. The molecule has 4 atom stereocenters. The van der Waals surface area contributed by atoms with Crippen molar-refractivity contribution in [1.82, 2.24) is 0 Å². The second-order valence-electron chi connectivity index (χ2n) is 8.12. The van der Waals surface area contributed by atoms with E-state index in [9.17, 15) is 14.7 Å². The number of carbonyl (C=O) groups excluding carboxylic acids is 2. The molecule has 0 spiro atoms. The number of rotatable bonds is 2. The summed E-state index contributed by atoms with van der Waals surface area (Å²) >= 11 is 0. The van der Waals surface area contributed by atoms with Crippen molar-refractivity contribution in [2.75, 3.05) is 0 Å². The fourth-order valence-electron chi connectivity index (χ4n) is 4.67. The van der Waals surface area contributed by atoms with Crippen LogP contribution in [0.2, 0.25) is 0 Å². The molecule has 0 unspecified atom stereocenters. The van der Waals surface area contributed by atoms with E-state index >= 15 is 0 Å². The van der Waals surface area contributed by atoms with Gasteiger partial charge in [0, 0.05) is 16.4 Å². The quantitative estimate of drug-likeness (QED) is 0.795. The summed E-state index contributed by atoms with van der Waals surface area (Å²) in [4.78, 5) is 24.1. The van der Waals surface area contributed by atoms with Crippen molar-refractivity contribution >= 4 is 12.1 Å². The van der Waals surface area contributed by atoms with Crippen LogP contribution in [0.5, 0.6) is 0 Å². The van der Waals surface area contributed by atoms with Crippen LogP contribution in [-0.2, 0) is 9.59 Å². The van der Waals surface area contributed by atoms with Gasteiger partial charge in [-0.2, -0.15) is 0 Å². The van der Waals surface area contributed by atoms with Crippen molar-refractivity contribution in [2.24, 2.45) is 22.7 Å². The lowest BCUT2D eigenvalue weighted by Crippen LogP contribution is -2.44. The minimum Gasteiger partial charge on any atom is -0.388 e. The van der Waals surface area contributed by atoms with Crippen molar-refractivity contribution in [3.05, 3.63) is 34.9 Å². The van der Waals surface area contributed by atoms with Gasteiger partial charge in [-0.3, -0.25) is 9.59 Å². The molecule has 0 aromatic rings. The van der Waals surface area contributed by atoms with Crippen LogP contribution >= 0.6 is 0 Å². The summed E-state index contributed by atoms with van der Waals surface area (Å²) in [5.74, 6) is 0.370. The average Bonchev–Trinajstić information content (AvgIpc) is 2.81. The molecule has 0 aromatic carbocycles. The summed E-state index contributed by atoms with van der Waals surface area (Å²) in [6, 6.07) is 0. The van der Waals surface area contributed by atoms with Crippen LogP contribution in [0.3, 0.4) is 0 Å². The van der Waals surface area contributed by atoms with E-state index in [1.165, 1.54) is 17.2 Å². The maximum atomic E-state index is 12.9. The van der Waals surface area contributed by atoms with Gasteiger partial charge in [-0.25, -0.2) is 0 Å². The maximum Gasteiger partial charge on any atom is 0.162 e. The van der Waals surface area contributed by atoms with Gasteiger partial charge in [0.15, 0.2) is 5.78 Å². The molecule has 0 saturated heterocycles. The molecule has 1 fully saturated rings. The van der Waals surface area contributed by atoms with E-state index in [0.717, 1.165) is 12.8 Å². The number of hydrogen-bond acceptors (Lipinski definition) is 3. The normalized spacial score (nSPS) is 39.9. The first-order chi connectivity index (χ1) is 10.7. The summed E-state index contributed by atoms with van der Waals surface area (Å²) in [7, 11) is 0. The lowest BCUT2D eigenvalue weighted by Gasteiger charge is -2.48. The first-order valence-electron chi connectivity index (χ1n) is 8.56. The minimum atomic E-state index is -0.855. The highest BCUT2D eigenvalue weighted by Gasteiger charge is 2.54. The molecule has 3 aliphatic carbocycles. The summed E-state index contributed by atoms with van der Waals surface area (Å²) in [6.45, 7) is 8.60. The van der Waals surface area contributed by atoms with Crippen LogP contribution in [-0.4, -0.2) is 23.3 Å². The van der Waals surface area contributed by atoms with Crippen LogP contribution < -0.4 is 0 Å². The Bertz CT molecular complexity index is 652. The molecule has 0 heterocycles. The highest BCUT2D eigenvalue weighted by Crippen LogP contribution is 2.60. The Morgan fingerprint density at radius 1 is 1.30 bits per heavy atom. The van der Waals surface area contributed by atoms with Crippen LogP contribution in [0.1, 0.15) is 47.0 Å². The van der Waals surface area contributed by atoms with Crippen molar-refractivity contribution in [1.29, 1.82) is 0 Å². The number of aliphatic hydroxyl groups excluding tert-OH is 1. The summed E-state index contributed by atoms with van der Waals surface area (Å²) in [5.41, 5.74) is 2.31. The zero-order valence-electron chi connectivity index (χ0n) is 14.4. The van der Waals surface area contributed by atoms with Crippen LogP contribution in [0.15, 0.2) is 34.9 Å². The number of aldehydes is 1. The van der Waals surface area contributed by atoms with E-state index in [0.29, 0.717) is 18.6 Å². The van der Waals surface area contributed by atoms with Gasteiger partial charge in [-0.05, 0) is 42.7 Å². The van der Waals surface area contributed by atoms with Gasteiger partial charge >= 0.3 is 0 Å². The van der Waals surface area contributed by atoms with Gasteiger partial charge in [-0.1, -0.05) is 45.4 Å². The molecule has 3 heteroatoms. The average molecular weight is 314 g/mol. The van der Waals surface area contributed by atoms with Crippen molar-refractivity contribution in [2.45, 2.75) is 53.1 Å². The molecule has 0 amide bonds. The number of aliphatic hydroxyl groups is 1. The minimum absolute atomic E-state index is 0.00861. The van der Waals surface area contributed by atoms with E-state index in [1.54, 1.807) is 0 Å². The van der Waals surface area contributed by atoms with Crippen molar-refractivity contribution in [3.63, 3.8) is 0 Å². The molecule has 0 radical (unpaired) electrons. The Balaban J connectivity index is 2.16. The molecule has 0 aliphatic heterocycles. The first-order valence-corrected chi connectivity index (χ1v) is 8.56. The molecule has 0 aromatic heterocycles. The topological polar surface area (TPSA) is 54.4 Å². The molecular weight excluding hydrogens is 288 g/mol. The Labute approximate surface area is 138 Å². The largest absolute Gasteiger partial charge is 0.388 e. The second kappa shape index (κ2) is 5.27. The molecule has 3 nitrogen and oxygen atoms in total. The Kier molecular flexibility index (Phi) is 3.75. The van der Waals surface area contributed by atoms with E-state index in [4.69, 9.17) is 0 Å². The molecule has 3 aliphatic rings. The number of carbonyl (C=O) groups is 2. The number of hydrogen-bond donors (Lipinski definition) is 1. The lowest BCUT2D eigenvalue weighted by atomic mass is 9.54. The molecule has 1 saturated carbocycles. The fraction of sp³-hybridized carbons (Fsp3) is 0.600. The summed E-state index contributed by atoms with van der Waals surface area (Å²) in [6.07, 6.45) is 7.83. The fourth-order valence-corrected chi connectivity index (χ4v) is 4.67. The Morgan fingerprint density at radius 3 is 2.61 bits per heavy atom. The van der Waals surface area contributed by atoms with Crippen molar-refractivity contribution < 1.29 is 14.7 Å². The van der Waals surface area contributed by atoms with E-state index < -0.39 is 11.5 Å². The van der Waals surface area contributed by atoms with Gasteiger partial charge in [0.2, 0.25) is 0 Å². The summed E-state index contributed by atoms with van der Waals surface area (Å²) in [5, 5.41) is 10.5. The number of ketones is 1. The smallest absolute Gasteiger partial charge is 0.162 e. The predicted octanol–water partition coefficient (Wildman–Crippen LogP) is 3.39. The monoisotopic (exact) mass is 314 g/mol. The molecule has 0 bridgehead atoms. The lowest BCUT2D eigenvalue weighted by molar-refractivity contribution is -0.127. The van der Waals surface area contributed by atoms with Crippen LogP contribution in [0, 0.1) is 22.7 Å². The molecule has 1 N–H and O–H groups in total. The first kappa shape index (κ1) is 16.4. The van der Waals surface area contributed by atoms with Crippen LogP contribution in [0.4, 0.5) is 0 Å². The zero-order valence-corrected chi connectivity index (χ0v) is 14.4. The molecule has 3 rings (SSSR count). The zero-order chi connectivity index (χ0) is 17.0. The van der Waals surface area contributed by atoms with E-state index in [2.05, 4.69) is 32.9 Å². The molecular formula is C20H26O3. The maximum absolute atomic E-state index is 12.9. The van der Waals surface area contributed by atoms with Gasteiger partial charge < -0.3 is 5.11 Å². The van der Waals surface area contributed by atoms with E-state index in [1.807, 2.05) is 6.92 Å². The highest BCUT2D eigenvalue weighted by molar-refractivity contribution is 6.00. The van der Waals surface area contributed by atoms with Gasteiger partial charge in [0.1, 0.15) is 6.29 Å². The second-order valence-corrected chi connectivity index (χ2v) is 8.12. The predicted molar refractivity (Wildman–Crippen MR) is 89.7 cm³/mol. The van der Waals surface area contributed by atoms with Crippen molar-refractivity contribution in [3.8, 4) is 0 Å². The number of allylic oxidation sites excluding steroid dienone is 5. The highest BCUT2D eigenvalue weighted by atomic mass is 16.3. The third kappa shape index (κ3) is 2.28. The third-order valence-electron chi connectivity index (χ3n) is 6.30. The van der Waals surface area contributed by atoms with E-state index in [-0.39, 0.29) is 22.7 Å². The standard InChI is InChI=1S/C20H26O3/c1-12(2)14-5-6-19(3)7-8-20(4)15(18(14)19)10-16(22)13(11-21)9-17(20)23/h5-6,9,11-12,15-16,22H,7-8,10H2,1-4H3/t15-,16-,19-,20-/m1/s1. The van der Waals surface area contributed by atoms with Gasteiger partial charge in [0.25, 0.3) is 0 Å². The third-order valence-corrected chi connectivity index (χ3v) is 6.30. The summed E-state index contributed by atoms with van der Waals surface area (Å²) < 4.78 is 0. The number of fused-ring (bicyclic) bond motifs is 3. The Hall–Kier alpha value is -1.48. The molecule has 23 heavy (non-hydrogen) atoms. The Morgan fingerprint density at radius 2 is 2.00 bits per heavy atom. The van der Waals surface area contributed by atoms with Gasteiger partial charge in [-0.15, -0.1) is 0 Å². The SMILES string of the molecule is CC(C)C1=C2[C@H]3C[C@@H](O)C(C=O)=CC(=O)[C@]3(C)CC[C@@]2(C)C=C1.